The first-order chi connectivity index (χ1) is 12.7. The van der Waals surface area contributed by atoms with Gasteiger partial charge in [0.2, 0.25) is 0 Å². The number of amides is 1. The maximum atomic E-state index is 12.9. The number of rotatable bonds is 4. The zero-order valence-corrected chi connectivity index (χ0v) is 14.5. The van der Waals surface area contributed by atoms with Crippen molar-refractivity contribution in [2.45, 2.75) is 18.9 Å². The summed E-state index contributed by atoms with van der Waals surface area (Å²) in [7, 11) is 1.38. The van der Waals surface area contributed by atoms with Crippen molar-refractivity contribution in [2.75, 3.05) is 13.7 Å². The molecule has 2 aromatic rings. The van der Waals surface area contributed by atoms with E-state index in [9.17, 15) is 9.59 Å². The SMILES string of the molecule is COC(=O)[C@@H]1[C@@H]2CC[C@@H]2CN1C(=O)c1ccc(Oc2cccnc2)cc1. The molecule has 134 valence electrons. The quantitative estimate of drug-likeness (QED) is 0.792. The molecule has 26 heavy (non-hydrogen) atoms. The number of methoxy groups -OCH3 is 1. The van der Waals surface area contributed by atoms with Crippen LogP contribution in [-0.2, 0) is 9.53 Å². The van der Waals surface area contributed by atoms with Gasteiger partial charge in [0, 0.05) is 18.3 Å². The Bertz CT molecular complexity index is 806. The predicted molar refractivity (Wildman–Crippen MR) is 93.8 cm³/mol. The molecule has 1 aromatic carbocycles. The lowest BCUT2D eigenvalue weighted by atomic mass is 9.73. The van der Waals surface area contributed by atoms with Gasteiger partial charge < -0.3 is 14.4 Å². The third kappa shape index (κ3) is 2.92. The first-order valence-electron chi connectivity index (χ1n) is 8.74. The number of fused-ring (bicyclic) bond motifs is 1. The normalized spacial score (nSPS) is 23.7. The fraction of sp³-hybridized carbons (Fsp3) is 0.350. The van der Waals surface area contributed by atoms with E-state index in [0.29, 0.717) is 29.5 Å². The minimum absolute atomic E-state index is 0.136. The lowest BCUT2D eigenvalue weighted by molar-refractivity contribution is -0.147. The second kappa shape index (κ2) is 6.78. The van der Waals surface area contributed by atoms with Crippen LogP contribution in [0.2, 0.25) is 0 Å². The maximum absolute atomic E-state index is 12.9. The molecule has 0 spiro atoms. The molecule has 0 unspecified atom stereocenters. The minimum atomic E-state index is -0.461. The molecule has 1 saturated carbocycles. The molecule has 1 aliphatic carbocycles. The highest BCUT2D eigenvalue weighted by Gasteiger charge is 2.52. The van der Waals surface area contributed by atoms with E-state index in [4.69, 9.17) is 9.47 Å². The minimum Gasteiger partial charge on any atom is -0.467 e. The number of likely N-dealkylation sites (tertiary alicyclic amines) is 1. The Hall–Kier alpha value is -2.89. The Kier molecular flexibility index (Phi) is 4.32. The second-order valence-electron chi connectivity index (χ2n) is 6.74. The van der Waals surface area contributed by atoms with Crippen LogP contribution in [0.5, 0.6) is 11.5 Å². The van der Waals surface area contributed by atoms with Gasteiger partial charge >= 0.3 is 5.97 Å². The molecule has 1 aliphatic heterocycles. The molecule has 1 saturated heterocycles. The molecule has 2 heterocycles. The molecule has 6 nitrogen and oxygen atoms in total. The zero-order valence-electron chi connectivity index (χ0n) is 14.5. The van der Waals surface area contributed by atoms with Gasteiger partial charge in [-0.25, -0.2) is 4.79 Å². The fourth-order valence-corrected chi connectivity index (χ4v) is 3.84. The summed E-state index contributed by atoms with van der Waals surface area (Å²) in [4.78, 5) is 30.8. The van der Waals surface area contributed by atoms with Gasteiger partial charge in [0.15, 0.2) is 0 Å². The fourth-order valence-electron chi connectivity index (χ4n) is 3.84. The van der Waals surface area contributed by atoms with Gasteiger partial charge in [0.25, 0.3) is 5.91 Å². The van der Waals surface area contributed by atoms with Crippen molar-refractivity contribution in [1.82, 2.24) is 9.88 Å². The van der Waals surface area contributed by atoms with Crippen LogP contribution in [-0.4, -0.2) is 41.5 Å². The van der Waals surface area contributed by atoms with Gasteiger partial charge in [0.05, 0.1) is 13.3 Å². The van der Waals surface area contributed by atoms with E-state index in [1.54, 1.807) is 47.6 Å². The highest BCUT2D eigenvalue weighted by Crippen LogP contribution is 2.45. The van der Waals surface area contributed by atoms with Crippen molar-refractivity contribution in [3.8, 4) is 11.5 Å². The van der Waals surface area contributed by atoms with E-state index in [2.05, 4.69) is 4.98 Å². The van der Waals surface area contributed by atoms with Crippen molar-refractivity contribution in [1.29, 1.82) is 0 Å². The van der Waals surface area contributed by atoms with Crippen LogP contribution in [0, 0.1) is 11.8 Å². The number of pyridine rings is 1. The van der Waals surface area contributed by atoms with E-state index >= 15 is 0 Å². The van der Waals surface area contributed by atoms with Gasteiger partial charge in [-0.3, -0.25) is 9.78 Å². The zero-order chi connectivity index (χ0) is 18.1. The van der Waals surface area contributed by atoms with E-state index in [-0.39, 0.29) is 17.8 Å². The number of hydrogen-bond acceptors (Lipinski definition) is 5. The van der Waals surface area contributed by atoms with Crippen LogP contribution >= 0.6 is 0 Å². The third-order valence-electron chi connectivity index (χ3n) is 5.32. The van der Waals surface area contributed by atoms with Crippen LogP contribution < -0.4 is 4.74 Å². The number of hydrogen-bond donors (Lipinski definition) is 0. The van der Waals surface area contributed by atoms with Crippen LogP contribution in [0.25, 0.3) is 0 Å². The monoisotopic (exact) mass is 352 g/mol. The van der Waals surface area contributed by atoms with Crippen LogP contribution in [0.4, 0.5) is 0 Å². The van der Waals surface area contributed by atoms with Crippen LogP contribution in [0.1, 0.15) is 23.2 Å². The largest absolute Gasteiger partial charge is 0.467 e. The highest BCUT2D eigenvalue weighted by molar-refractivity contribution is 5.97. The number of aromatic nitrogens is 1. The number of benzene rings is 1. The molecule has 0 N–H and O–H groups in total. The maximum Gasteiger partial charge on any atom is 0.328 e. The van der Waals surface area contributed by atoms with Crippen molar-refractivity contribution in [2.24, 2.45) is 11.8 Å². The number of ether oxygens (including phenoxy) is 2. The third-order valence-corrected chi connectivity index (χ3v) is 5.32. The number of carbonyl (C=O) groups is 2. The number of esters is 1. The van der Waals surface area contributed by atoms with Crippen molar-refractivity contribution in [3.63, 3.8) is 0 Å². The van der Waals surface area contributed by atoms with Gasteiger partial charge in [-0.2, -0.15) is 0 Å². The molecule has 1 amide bonds. The molecule has 2 aliphatic rings. The van der Waals surface area contributed by atoms with E-state index in [0.717, 1.165) is 12.8 Å². The summed E-state index contributed by atoms with van der Waals surface area (Å²) < 4.78 is 10.6. The molecule has 0 radical (unpaired) electrons. The summed E-state index contributed by atoms with van der Waals surface area (Å²) in [6, 6.07) is 10.1. The number of carbonyl (C=O) groups excluding carboxylic acids is 2. The Morgan fingerprint density at radius 3 is 2.54 bits per heavy atom. The van der Waals surface area contributed by atoms with Gasteiger partial charge in [-0.15, -0.1) is 0 Å². The molecular weight excluding hydrogens is 332 g/mol. The lowest BCUT2D eigenvalue weighted by Crippen LogP contribution is -2.44. The first-order valence-corrected chi connectivity index (χ1v) is 8.74. The summed E-state index contributed by atoms with van der Waals surface area (Å²) in [5, 5.41) is 0. The first kappa shape index (κ1) is 16.6. The Morgan fingerprint density at radius 1 is 1.12 bits per heavy atom. The van der Waals surface area contributed by atoms with Crippen molar-refractivity contribution < 1.29 is 19.1 Å². The molecule has 1 aromatic heterocycles. The van der Waals surface area contributed by atoms with Crippen LogP contribution in [0.15, 0.2) is 48.8 Å². The standard InChI is InChI=1S/C20H20N2O4/c1-25-20(24)18-17-9-6-14(17)12-22(18)19(23)13-4-7-15(8-5-13)26-16-3-2-10-21-11-16/h2-5,7-8,10-11,14,17-18H,6,9,12H2,1H3/t14-,17-,18+/m1/s1. The average Bonchev–Trinajstić information content (AvgIpc) is 2.92. The highest BCUT2D eigenvalue weighted by atomic mass is 16.5. The molecule has 3 atom stereocenters. The average molecular weight is 352 g/mol. The number of nitrogens with zero attached hydrogens (tertiary/aromatic N) is 2. The summed E-state index contributed by atoms with van der Waals surface area (Å²) in [5.41, 5.74) is 0.540. The van der Waals surface area contributed by atoms with Crippen LogP contribution in [0.3, 0.4) is 0 Å². The summed E-state index contributed by atoms with van der Waals surface area (Å²) in [5.74, 6) is 1.45. The van der Waals surface area contributed by atoms with E-state index < -0.39 is 6.04 Å². The Labute approximate surface area is 151 Å². The lowest BCUT2D eigenvalue weighted by Gasteiger charge is -2.31. The predicted octanol–water partition coefficient (Wildman–Crippen LogP) is 2.90. The van der Waals surface area contributed by atoms with Crippen molar-refractivity contribution in [3.05, 3.63) is 54.4 Å². The molecular formula is C20H20N2O4. The summed E-state index contributed by atoms with van der Waals surface area (Å²) >= 11 is 0. The molecule has 6 heteroatoms. The van der Waals surface area contributed by atoms with Gasteiger partial charge in [-0.05, 0) is 61.1 Å². The molecule has 2 fully saturated rings. The molecule has 0 bridgehead atoms. The topological polar surface area (TPSA) is 68.7 Å². The Balaban J connectivity index is 1.50. The van der Waals surface area contributed by atoms with E-state index in [1.165, 1.54) is 7.11 Å². The summed E-state index contributed by atoms with van der Waals surface area (Å²) in [6.45, 7) is 0.622. The Morgan fingerprint density at radius 2 is 1.92 bits per heavy atom. The smallest absolute Gasteiger partial charge is 0.328 e. The van der Waals surface area contributed by atoms with E-state index in [1.807, 2.05) is 6.07 Å². The second-order valence-corrected chi connectivity index (χ2v) is 6.74. The van der Waals surface area contributed by atoms with Gasteiger partial charge in [-0.1, -0.05) is 0 Å². The van der Waals surface area contributed by atoms with Gasteiger partial charge in [0.1, 0.15) is 17.5 Å². The van der Waals surface area contributed by atoms with Crippen molar-refractivity contribution >= 4 is 11.9 Å². The summed E-state index contributed by atoms with van der Waals surface area (Å²) in [6.07, 6.45) is 5.35. The molecule has 4 rings (SSSR count).